The molecule has 0 amide bonds. The van der Waals surface area contributed by atoms with Gasteiger partial charge in [0.05, 0.1) is 0 Å². The number of pyridine rings is 1. The first kappa shape index (κ1) is 16.0. The zero-order valence-electron chi connectivity index (χ0n) is 12.2. The van der Waals surface area contributed by atoms with Crippen molar-refractivity contribution in [3.05, 3.63) is 23.9 Å². The van der Waals surface area contributed by atoms with Crippen LogP contribution >= 0.6 is 0 Å². The van der Waals surface area contributed by atoms with E-state index in [4.69, 9.17) is 0 Å². The Morgan fingerprint density at radius 2 is 1.53 bits per heavy atom. The van der Waals surface area contributed by atoms with Crippen molar-refractivity contribution >= 4 is 5.82 Å². The lowest BCUT2D eigenvalue weighted by molar-refractivity contribution is 0.573. The zero-order valence-corrected chi connectivity index (χ0v) is 12.2. The number of anilines is 1. The van der Waals surface area contributed by atoms with Crippen molar-refractivity contribution in [1.29, 1.82) is 0 Å². The van der Waals surface area contributed by atoms with Crippen LogP contribution in [0.15, 0.2) is 18.3 Å². The fourth-order valence-electron chi connectivity index (χ4n) is 1.77. The van der Waals surface area contributed by atoms with E-state index in [0.717, 1.165) is 5.82 Å². The van der Waals surface area contributed by atoms with E-state index in [1.165, 1.54) is 37.9 Å². The van der Waals surface area contributed by atoms with Gasteiger partial charge in [-0.1, -0.05) is 33.8 Å². The first-order chi connectivity index (χ1) is 8.36. The third-order valence-corrected chi connectivity index (χ3v) is 2.58. The van der Waals surface area contributed by atoms with Gasteiger partial charge in [0.1, 0.15) is 5.82 Å². The Labute approximate surface area is 107 Å². The van der Waals surface area contributed by atoms with Gasteiger partial charge in [0.15, 0.2) is 0 Å². The summed E-state index contributed by atoms with van der Waals surface area (Å²) in [5, 5.41) is 0. The Bertz CT molecular complexity index is 261. The molecule has 0 N–H and O–H groups in total. The maximum atomic E-state index is 4.43. The van der Waals surface area contributed by atoms with Crippen molar-refractivity contribution in [1.82, 2.24) is 4.98 Å². The molecule has 0 bridgehead atoms. The molecule has 1 aromatic rings. The van der Waals surface area contributed by atoms with Crippen molar-refractivity contribution in [2.45, 2.75) is 53.9 Å². The zero-order chi connectivity index (χ0) is 13.1. The molecule has 0 atom stereocenters. The smallest absolute Gasteiger partial charge is 0.128 e. The van der Waals surface area contributed by atoms with Gasteiger partial charge in [0.2, 0.25) is 0 Å². The summed E-state index contributed by atoms with van der Waals surface area (Å²) >= 11 is 0. The topological polar surface area (TPSA) is 16.1 Å². The molecule has 0 unspecified atom stereocenters. The molecule has 0 spiro atoms. The Balaban J connectivity index is 0.000000581. The van der Waals surface area contributed by atoms with Gasteiger partial charge in [-0.2, -0.15) is 0 Å². The monoisotopic (exact) mass is 236 g/mol. The lowest BCUT2D eigenvalue weighted by Crippen LogP contribution is -2.29. The Hall–Kier alpha value is -1.05. The molecule has 2 rings (SSSR count). The maximum absolute atomic E-state index is 4.43. The third-order valence-electron chi connectivity index (χ3n) is 2.58. The maximum Gasteiger partial charge on any atom is 0.128 e. The third kappa shape index (κ3) is 5.71. The lowest BCUT2D eigenvalue weighted by atomic mass is 10.1. The van der Waals surface area contributed by atoms with Gasteiger partial charge in [-0.05, 0) is 37.8 Å². The van der Waals surface area contributed by atoms with Crippen LogP contribution in [-0.4, -0.2) is 18.1 Å². The summed E-state index contributed by atoms with van der Waals surface area (Å²) in [5.41, 5.74) is 1.24. The second kappa shape index (κ2) is 10.1. The molecule has 1 aromatic heterocycles. The summed E-state index contributed by atoms with van der Waals surface area (Å²) in [6.45, 7) is 12.4. The van der Waals surface area contributed by atoms with Crippen LogP contribution in [0, 0.1) is 6.92 Å². The van der Waals surface area contributed by atoms with Crippen LogP contribution in [-0.2, 0) is 0 Å². The first-order valence-electron chi connectivity index (χ1n) is 7.04. The fourth-order valence-corrected chi connectivity index (χ4v) is 1.77. The van der Waals surface area contributed by atoms with E-state index in [1.807, 2.05) is 33.9 Å². The van der Waals surface area contributed by atoms with Crippen molar-refractivity contribution in [3.8, 4) is 0 Å². The predicted octanol–water partition coefficient (Wildman–Crippen LogP) is 4.43. The Morgan fingerprint density at radius 1 is 0.941 bits per heavy atom. The van der Waals surface area contributed by atoms with Crippen LogP contribution in [0.25, 0.3) is 0 Å². The number of nitrogens with zero attached hydrogens (tertiary/aromatic N) is 2. The Kier molecular flexibility index (Phi) is 9.50. The molecular formula is C15H28N2. The van der Waals surface area contributed by atoms with Crippen LogP contribution < -0.4 is 4.90 Å². The van der Waals surface area contributed by atoms with E-state index in [0.29, 0.717) is 0 Å². The van der Waals surface area contributed by atoms with Gasteiger partial charge in [0, 0.05) is 19.3 Å². The van der Waals surface area contributed by atoms with E-state index in [1.54, 1.807) is 0 Å². The Morgan fingerprint density at radius 3 is 2.00 bits per heavy atom. The van der Waals surface area contributed by atoms with Crippen molar-refractivity contribution in [3.63, 3.8) is 0 Å². The number of aryl methyl sites for hydroxylation is 1. The molecule has 0 radical (unpaired) electrons. The molecular weight excluding hydrogens is 208 g/mol. The molecule has 1 saturated heterocycles. The van der Waals surface area contributed by atoms with Gasteiger partial charge < -0.3 is 4.90 Å². The van der Waals surface area contributed by atoms with E-state index in [9.17, 15) is 0 Å². The molecule has 0 aliphatic carbocycles. The summed E-state index contributed by atoms with van der Waals surface area (Å²) in [5.74, 6) is 1.14. The van der Waals surface area contributed by atoms with Crippen LogP contribution in [0.1, 0.15) is 52.5 Å². The molecule has 2 heteroatoms. The summed E-state index contributed by atoms with van der Waals surface area (Å²) in [4.78, 5) is 6.81. The van der Waals surface area contributed by atoms with Crippen LogP contribution in [0.5, 0.6) is 0 Å². The van der Waals surface area contributed by atoms with Crippen molar-refractivity contribution in [2.24, 2.45) is 0 Å². The number of hydrogen-bond donors (Lipinski definition) is 0. The SMILES string of the molecule is CC.CC.Cc1ccc(N2CCCCC2)nc1. The quantitative estimate of drug-likeness (QED) is 0.717. The van der Waals surface area contributed by atoms with Gasteiger partial charge in [0.25, 0.3) is 0 Å². The molecule has 2 nitrogen and oxygen atoms in total. The molecule has 2 heterocycles. The first-order valence-corrected chi connectivity index (χ1v) is 7.04. The van der Waals surface area contributed by atoms with Gasteiger partial charge in [-0.3, -0.25) is 0 Å². The molecule has 1 aliphatic heterocycles. The average Bonchev–Trinajstić information content (AvgIpc) is 2.45. The number of aromatic nitrogens is 1. The minimum atomic E-state index is 1.14. The molecule has 0 aromatic carbocycles. The molecule has 1 fully saturated rings. The molecule has 98 valence electrons. The average molecular weight is 236 g/mol. The van der Waals surface area contributed by atoms with E-state index in [2.05, 4.69) is 28.9 Å². The standard InChI is InChI=1S/C11H16N2.2C2H6/c1-10-5-6-11(12-9-10)13-7-3-2-4-8-13;2*1-2/h5-6,9H,2-4,7-8H2,1H3;2*1-2H3. The van der Waals surface area contributed by atoms with E-state index in [-0.39, 0.29) is 0 Å². The largest absolute Gasteiger partial charge is 0.357 e. The molecule has 17 heavy (non-hydrogen) atoms. The minimum Gasteiger partial charge on any atom is -0.357 e. The summed E-state index contributed by atoms with van der Waals surface area (Å²) < 4.78 is 0. The highest BCUT2D eigenvalue weighted by atomic mass is 15.2. The minimum absolute atomic E-state index is 1.14. The van der Waals surface area contributed by atoms with E-state index >= 15 is 0 Å². The second-order valence-corrected chi connectivity index (χ2v) is 3.74. The highest BCUT2D eigenvalue weighted by molar-refractivity contribution is 5.39. The fraction of sp³-hybridized carbons (Fsp3) is 0.667. The van der Waals surface area contributed by atoms with E-state index < -0.39 is 0 Å². The summed E-state index contributed by atoms with van der Waals surface area (Å²) in [6.07, 6.45) is 5.96. The summed E-state index contributed by atoms with van der Waals surface area (Å²) in [6, 6.07) is 4.26. The van der Waals surface area contributed by atoms with Crippen LogP contribution in [0.2, 0.25) is 0 Å². The van der Waals surface area contributed by atoms with Gasteiger partial charge >= 0.3 is 0 Å². The molecule has 0 saturated carbocycles. The second-order valence-electron chi connectivity index (χ2n) is 3.74. The number of piperidine rings is 1. The predicted molar refractivity (Wildman–Crippen MR) is 77.7 cm³/mol. The number of rotatable bonds is 1. The normalized spacial score (nSPS) is 14.1. The van der Waals surface area contributed by atoms with Gasteiger partial charge in [-0.25, -0.2) is 4.98 Å². The van der Waals surface area contributed by atoms with Crippen molar-refractivity contribution in [2.75, 3.05) is 18.0 Å². The van der Waals surface area contributed by atoms with Crippen LogP contribution in [0.3, 0.4) is 0 Å². The van der Waals surface area contributed by atoms with Gasteiger partial charge in [-0.15, -0.1) is 0 Å². The highest BCUT2D eigenvalue weighted by Gasteiger charge is 2.10. The number of hydrogen-bond acceptors (Lipinski definition) is 2. The molecule has 1 aliphatic rings. The lowest BCUT2D eigenvalue weighted by Gasteiger charge is -2.27. The highest BCUT2D eigenvalue weighted by Crippen LogP contribution is 2.16. The summed E-state index contributed by atoms with van der Waals surface area (Å²) in [7, 11) is 0. The van der Waals surface area contributed by atoms with Crippen LogP contribution in [0.4, 0.5) is 5.82 Å². The van der Waals surface area contributed by atoms with Crippen molar-refractivity contribution < 1.29 is 0 Å².